The van der Waals surface area contributed by atoms with E-state index in [1.165, 1.54) is 4.88 Å². The Labute approximate surface area is 103 Å². The number of rotatable bonds is 4. The molecule has 1 nitrogen and oxygen atoms in total. The van der Waals surface area contributed by atoms with Gasteiger partial charge >= 0.3 is 0 Å². The van der Waals surface area contributed by atoms with Gasteiger partial charge < -0.3 is 5.73 Å². The second-order valence-corrected chi connectivity index (χ2v) is 7.06. The van der Waals surface area contributed by atoms with E-state index in [1.54, 1.807) is 11.3 Å². The van der Waals surface area contributed by atoms with Gasteiger partial charge in [-0.15, -0.1) is 11.3 Å². The van der Waals surface area contributed by atoms with Gasteiger partial charge in [0.1, 0.15) is 0 Å². The van der Waals surface area contributed by atoms with Crippen molar-refractivity contribution >= 4 is 38.9 Å². The van der Waals surface area contributed by atoms with E-state index >= 15 is 0 Å². The van der Waals surface area contributed by atoms with Gasteiger partial charge in [-0.25, -0.2) is 0 Å². The summed E-state index contributed by atoms with van der Waals surface area (Å²) in [5, 5.41) is 0.815. The Balaban J connectivity index is 2.54. The summed E-state index contributed by atoms with van der Waals surface area (Å²) in [7, 11) is 0. The molecule has 80 valence electrons. The van der Waals surface area contributed by atoms with Crippen LogP contribution in [0.25, 0.3) is 0 Å². The van der Waals surface area contributed by atoms with E-state index in [-0.39, 0.29) is 5.41 Å². The summed E-state index contributed by atoms with van der Waals surface area (Å²) in [4.78, 5) is 1.32. The Hall–Kier alpha value is 0.430. The lowest BCUT2D eigenvalue weighted by Gasteiger charge is -2.21. The standard InChI is InChI=1S/C10H15BrClNS/c1-10(2,6-13)4-3-7-5-8(12)9(11)14-7/h5H,3-4,6,13H2,1-2H3. The Bertz CT molecular complexity index is 290. The highest BCUT2D eigenvalue weighted by Crippen LogP contribution is 2.34. The van der Waals surface area contributed by atoms with Gasteiger partial charge in [-0.1, -0.05) is 25.4 Å². The maximum absolute atomic E-state index is 5.95. The zero-order chi connectivity index (χ0) is 10.8. The molecule has 0 aliphatic heterocycles. The first-order valence-corrected chi connectivity index (χ1v) is 6.57. The van der Waals surface area contributed by atoms with Gasteiger partial charge in [0.2, 0.25) is 0 Å². The number of aryl methyl sites for hydroxylation is 1. The van der Waals surface area contributed by atoms with E-state index in [0.717, 1.165) is 28.2 Å². The molecule has 1 rings (SSSR count). The molecule has 0 saturated carbocycles. The van der Waals surface area contributed by atoms with E-state index < -0.39 is 0 Å². The molecule has 0 aliphatic carbocycles. The zero-order valence-corrected chi connectivity index (χ0v) is 11.6. The molecule has 0 aromatic carbocycles. The third kappa shape index (κ3) is 3.54. The van der Waals surface area contributed by atoms with Crippen molar-refractivity contribution in [3.8, 4) is 0 Å². The molecular weight excluding hydrogens is 282 g/mol. The zero-order valence-electron chi connectivity index (χ0n) is 8.44. The fourth-order valence-corrected chi connectivity index (χ4v) is 2.90. The second kappa shape index (κ2) is 4.97. The summed E-state index contributed by atoms with van der Waals surface area (Å²) in [5.41, 5.74) is 5.90. The van der Waals surface area contributed by atoms with Crippen LogP contribution in [0.1, 0.15) is 25.1 Å². The van der Waals surface area contributed by atoms with E-state index in [0.29, 0.717) is 0 Å². The van der Waals surface area contributed by atoms with E-state index in [1.807, 2.05) is 6.07 Å². The first-order valence-electron chi connectivity index (χ1n) is 4.58. The first kappa shape index (κ1) is 12.5. The van der Waals surface area contributed by atoms with Crippen molar-refractivity contribution in [2.75, 3.05) is 6.54 Å². The minimum Gasteiger partial charge on any atom is -0.330 e. The van der Waals surface area contributed by atoms with Crippen LogP contribution in [-0.4, -0.2) is 6.54 Å². The van der Waals surface area contributed by atoms with Gasteiger partial charge in [0.15, 0.2) is 0 Å². The Morgan fingerprint density at radius 2 is 2.21 bits per heavy atom. The molecule has 0 saturated heterocycles. The average molecular weight is 297 g/mol. The van der Waals surface area contributed by atoms with Crippen LogP contribution in [-0.2, 0) is 6.42 Å². The lowest BCUT2D eigenvalue weighted by atomic mass is 9.88. The molecule has 1 aromatic heterocycles. The first-order chi connectivity index (χ1) is 6.44. The highest BCUT2D eigenvalue weighted by Gasteiger charge is 2.16. The molecule has 0 fully saturated rings. The van der Waals surface area contributed by atoms with Crippen LogP contribution in [0.2, 0.25) is 5.02 Å². The van der Waals surface area contributed by atoms with Gasteiger partial charge in [-0.05, 0) is 46.8 Å². The minimum atomic E-state index is 0.225. The van der Waals surface area contributed by atoms with Crippen molar-refractivity contribution in [2.24, 2.45) is 11.1 Å². The lowest BCUT2D eigenvalue weighted by Crippen LogP contribution is -2.23. The molecule has 1 aromatic rings. The smallest absolute Gasteiger partial charge is 0.0887 e. The Morgan fingerprint density at radius 1 is 1.57 bits per heavy atom. The molecule has 0 aliphatic rings. The van der Waals surface area contributed by atoms with Gasteiger partial charge in [-0.2, -0.15) is 0 Å². The number of nitrogens with two attached hydrogens (primary N) is 1. The number of halogens is 2. The van der Waals surface area contributed by atoms with Crippen molar-refractivity contribution in [3.63, 3.8) is 0 Å². The predicted octanol–water partition coefficient (Wildman–Crippen LogP) is 4.08. The molecule has 0 amide bonds. The molecule has 1 heterocycles. The van der Waals surface area contributed by atoms with Crippen LogP contribution in [0.15, 0.2) is 9.85 Å². The maximum Gasteiger partial charge on any atom is 0.0887 e. The molecule has 0 spiro atoms. The van der Waals surface area contributed by atoms with Crippen LogP contribution in [0.5, 0.6) is 0 Å². The Morgan fingerprint density at radius 3 is 2.64 bits per heavy atom. The maximum atomic E-state index is 5.95. The molecule has 2 N–H and O–H groups in total. The van der Waals surface area contributed by atoms with Crippen LogP contribution >= 0.6 is 38.9 Å². The molecule has 14 heavy (non-hydrogen) atoms. The predicted molar refractivity (Wildman–Crippen MR) is 68.2 cm³/mol. The lowest BCUT2D eigenvalue weighted by molar-refractivity contribution is 0.349. The van der Waals surface area contributed by atoms with Gasteiger partial charge in [0, 0.05) is 4.88 Å². The monoisotopic (exact) mass is 295 g/mol. The van der Waals surface area contributed by atoms with Crippen molar-refractivity contribution in [1.29, 1.82) is 0 Å². The third-order valence-corrected chi connectivity index (χ3v) is 4.83. The van der Waals surface area contributed by atoms with Crippen molar-refractivity contribution in [1.82, 2.24) is 0 Å². The summed E-state index contributed by atoms with van der Waals surface area (Å²) in [6.45, 7) is 5.11. The van der Waals surface area contributed by atoms with Gasteiger partial charge in [-0.3, -0.25) is 0 Å². The average Bonchev–Trinajstić information content (AvgIpc) is 2.44. The molecular formula is C10H15BrClNS. The summed E-state index contributed by atoms with van der Waals surface area (Å²) in [6, 6.07) is 2.03. The fraction of sp³-hybridized carbons (Fsp3) is 0.600. The van der Waals surface area contributed by atoms with Crippen LogP contribution in [0.3, 0.4) is 0 Å². The molecule has 0 bridgehead atoms. The van der Waals surface area contributed by atoms with Crippen molar-refractivity contribution < 1.29 is 0 Å². The normalized spacial score (nSPS) is 12.1. The summed E-state index contributed by atoms with van der Waals surface area (Å²) < 4.78 is 1.03. The second-order valence-electron chi connectivity index (χ2n) is 4.20. The largest absolute Gasteiger partial charge is 0.330 e. The van der Waals surface area contributed by atoms with Crippen molar-refractivity contribution in [3.05, 3.63) is 19.8 Å². The molecule has 0 atom stereocenters. The summed E-state index contributed by atoms with van der Waals surface area (Å²) in [5.74, 6) is 0. The van der Waals surface area contributed by atoms with Gasteiger partial charge in [0.05, 0.1) is 8.81 Å². The Kier molecular flexibility index (Phi) is 4.44. The summed E-state index contributed by atoms with van der Waals surface area (Å²) >= 11 is 11.1. The molecule has 0 unspecified atom stereocenters. The number of thiophene rings is 1. The highest BCUT2D eigenvalue weighted by molar-refractivity contribution is 9.11. The molecule has 0 radical (unpaired) electrons. The molecule has 4 heteroatoms. The number of hydrogen-bond acceptors (Lipinski definition) is 2. The topological polar surface area (TPSA) is 26.0 Å². The van der Waals surface area contributed by atoms with Gasteiger partial charge in [0.25, 0.3) is 0 Å². The SMILES string of the molecule is CC(C)(CN)CCc1cc(Cl)c(Br)s1. The number of hydrogen-bond donors (Lipinski definition) is 1. The van der Waals surface area contributed by atoms with Crippen LogP contribution < -0.4 is 5.73 Å². The highest BCUT2D eigenvalue weighted by atomic mass is 79.9. The van der Waals surface area contributed by atoms with E-state index in [2.05, 4.69) is 29.8 Å². The quantitative estimate of drug-likeness (QED) is 0.890. The summed E-state index contributed by atoms with van der Waals surface area (Å²) in [6.07, 6.45) is 2.16. The fourth-order valence-electron chi connectivity index (χ4n) is 1.08. The third-order valence-electron chi connectivity index (χ3n) is 2.30. The van der Waals surface area contributed by atoms with E-state index in [9.17, 15) is 0 Å². The van der Waals surface area contributed by atoms with Crippen LogP contribution in [0, 0.1) is 5.41 Å². The minimum absolute atomic E-state index is 0.225. The van der Waals surface area contributed by atoms with Crippen LogP contribution in [0.4, 0.5) is 0 Å². The van der Waals surface area contributed by atoms with E-state index in [4.69, 9.17) is 17.3 Å². The van der Waals surface area contributed by atoms with Crippen molar-refractivity contribution in [2.45, 2.75) is 26.7 Å².